The van der Waals surface area contributed by atoms with E-state index in [0.717, 1.165) is 43.6 Å². The summed E-state index contributed by atoms with van der Waals surface area (Å²) in [4.78, 5) is 21.4. The molecule has 0 saturated carbocycles. The van der Waals surface area contributed by atoms with Crippen LogP contribution in [0.15, 0.2) is 54.9 Å². The number of pyridine rings is 2. The zero-order valence-electron chi connectivity index (χ0n) is 20.3. The number of carbonyl (C=O) groups excluding carboxylic acids is 1. The highest BCUT2D eigenvalue weighted by Gasteiger charge is 2.32. The standard InChI is InChI=1S/C26H28F3N5O3/c1-36-23-11-18(6-10-31-23)15-33-24-22(3-2-7-32-24)25(35)34-20-12-19(26(27,28)29)13-21(14-20)37-16-17-4-8-30-9-5-17/h2-3,6-7,10-14,17,30H,4-5,8-9,15-16H2,1H3,(H,32,33)(H,34,35). The Hall–Kier alpha value is -3.86. The van der Waals surface area contributed by atoms with Crippen molar-refractivity contribution in [2.75, 3.05) is 37.4 Å². The van der Waals surface area contributed by atoms with Gasteiger partial charge in [0, 0.05) is 36.8 Å². The number of amides is 1. The Balaban J connectivity index is 1.49. The summed E-state index contributed by atoms with van der Waals surface area (Å²) in [6.07, 6.45) is 0.307. The lowest BCUT2D eigenvalue weighted by atomic mass is 9.99. The molecule has 1 saturated heterocycles. The Kier molecular flexibility index (Phi) is 8.44. The van der Waals surface area contributed by atoms with Gasteiger partial charge in [0.1, 0.15) is 11.6 Å². The fourth-order valence-electron chi connectivity index (χ4n) is 3.97. The molecule has 0 unspecified atom stereocenters. The van der Waals surface area contributed by atoms with Crippen LogP contribution in [0.4, 0.5) is 24.7 Å². The summed E-state index contributed by atoms with van der Waals surface area (Å²) in [5.41, 5.74) is 0.103. The molecule has 196 valence electrons. The van der Waals surface area contributed by atoms with Gasteiger partial charge in [0.25, 0.3) is 5.91 Å². The number of piperidine rings is 1. The number of ether oxygens (including phenoxy) is 2. The van der Waals surface area contributed by atoms with Crippen molar-refractivity contribution in [3.8, 4) is 11.6 Å². The molecule has 0 radical (unpaired) electrons. The SMILES string of the molecule is COc1cc(CNc2ncccc2C(=O)Nc2cc(OCC3CCNCC3)cc(C(F)(F)F)c2)ccn1. The predicted molar refractivity (Wildman–Crippen MR) is 133 cm³/mol. The van der Waals surface area contributed by atoms with E-state index >= 15 is 0 Å². The molecule has 3 N–H and O–H groups in total. The van der Waals surface area contributed by atoms with E-state index in [9.17, 15) is 18.0 Å². The first-order valence-corrected chi connectivity index (χ1v) is 11.9. The van der Waals surface area contributed by atoms with Crippen LogP contribution in [0.25, 0.3) is 0 Å². The number of methoxy groups -OCH3 is 1. The van der Waals surface area contributed by atoms with Crippen LogP contribution in [0, 0.1) is 5.92 Å². The van der Waals surface area contributed by atoms with Gasteiger partial charge in [-0.15, -0.1) is 0 Å². The molecular formula is C26H28F3N5O3. The molecule has 37 heavy (non-hydrogen) atoms. The number of hydrogen-bond donors (Lipinski definition) is 3. The minimum Gasteiger partial charge on any atom is -0.493 e. The third kappa shape index (κ3) is 7.32. The van der Waals surface area contributed by atoms with Gasteiger partial charge in [0.2, 0.25) is 5.88 Å². The lowest BCUT2D eigenvalue weighted by Gasteiger charge is -2.23. The number of benzene rings is 1. The molecular weight excluding hydrogens is 487 g/mol. The number of halogens is 3. The van der Waals surface area contributed by atoms with Crippen molar-refractivity contribution in [3.63, 3.8) is 0 Å². The molecule has 1 amide bonds. The maximum absolute atomic E-state index is 13.6. The van der Waals surface area contributed by atoms with Crippen LogP contribution in [-0.4, -0.2) is 42.7 Å². The second-order valence-electron chi connectivity index (χ2n) is 8.66. The number of nitrogens with zero attached hydrogens (tertiary/aromatic N) is 2. The van der Waals surface area contributed by atoms with Gasteiger partial charge in [-0.1, -0.05) is 0 Å². The Bertz CT molecular complexity index is 1220. The molecule has 0 bridgehead atoms. The smallest absolute Gasteiger partial charge is 0.416 e. The molecule has 3 aromatic rings. The maximum atomic E-state index is 13.6. The second-order valence-corrected chi connectivity index (χ2v) is 8.66. The van der Waals surface area contributed by atoms with E-state index in [1.54, 1.807) is 30.5 Å². The minimum absolute atomic E-state index is 0.0196. The molecule has 1 fully saturated rings. The van der Waals surface area contributed by atoms with Crippen LogP contribution in [0.3, 0.4) is 0 Å². The van der Waals surface area contributed by atoms with E-state index in [-0.39, 0.29) is 28.7 Å². The summed E-state index contributed by atoms with van der Waals surface area (Å²) in [5, 5.41) is 8.90. The van der Waals surface area contributed by atoms with Gasteiger partial charge < -0.3 is 25.4 Å². The van der Waals surface area contributed by atoms with Crippen LogP contribution >= 0.6 is 0 Å². The highest BCUT2D eigenvalue weighted by Crippen LogP contribution is 2.35. The lowest BCUT2D eigenvalue weighted by Crippen LogP contribution is -2.30. The average Bonchev–Trinajstić information content (AvgIpc) is 2.91. The fraction of sp³-hybridized carbons (Fsp3) is 0.346. The normalized spacial score (nSPS) is 14.2. The quantitative estimate of drug-likeness (QED) is 0.379. The molecule has 0 spiro atoms. The first-order chi connectivity index (χ1) is 17.8. The van der Waals surface area contributed by atoms with Crippen molar-refractivity contribution in [1.82, 2.24) is 15.3 Å². The fourth-order valence-corrected chi connectivity index (χ4v) is 3.97. The van der Waals surface area contributed by atoms with Crippen molar-refractivity contribution < 1.29 is 27.4 Å². The molecule has 1 aliphatic heterocycles. The topological polar surface area (TPSA) is 97.4 Å². The Labute approximate surface area is 212 Å². The number of rotatable bonds is 9. The first kappa shape index (κ1) is 26.2. The van der Waals surface area contributed by atoms with Crippen molar-refractivity contribution in [2.45, 2.75) is 25.6 Å². The maximum Gasteiger partial charge on any atom is 0.416 e. The molecule has 3 heterocycles. The van der Waals surface area contributed by atoms with E-state index < -0.39 is 17.6 Å². The van der Waals surface area contributed by atoms with Crippen LogP contribution in [0.2, 0.25) is 0 Å². The number of anilines is 2. The summed E-state index contributed by atoms with van der Waals surface area (Å²) in [6.45, 7) is 2.35. The van der Waals surface area contributed by atoms with E-state index in [4.69, 9.17) is 9.47 Å². The molecule has 4 rings (SSSR count). The Morgan fingerprint density at radius 1 is 1.11 bits per heavy atom. The number of alkyl halides is 3. The third-order valence-electron chi connectivity index (χ3n) is 5.96. The van der Waals surface area contributed by atoms with Crippen LogP contribution in [0.1, 0.15) is 34.3 Å². The number of nitrogens with one attached hydrogen (secondary N) is 3. The van der Waals surface area contributed by atoms with Crippen molar-refractivity contribution in [3.05, 3.63) is 71.5 Å². The number of hydrogen-bond acceptors (Lipinski definition) is 7. The Morgan fingerprint density at radius 3 is 2.68 bits per heavy atom. The predicted octanol–water partition coefficient (Wildman–Crippen LogP) is 4.75. The monoisotopic (exact) mass is 515 g/mol. The van der Waals surface area contributed by atoms with Gasteiger partial charge in [-0.25, -0.2) is 9.97 Å². The van der Waals surface area contributed by atoms with Gasteiger partial charge in [-0.05, 0) is 67.7 Å². The van der Waals surface area contributed by atoms with Gasteiger partial charge in [-0.3, -0.25) is 4.79 Å². The van der Waals surface area contributed by atoms with Gasteiger partial charge in [0.15, 0.2) is 0 Å². The largest absolute Gasteiger partial charge is 0.493 e. The summed E-state index contributed by atoms with van der Waals surface area (Å²) in [6, 6.07) is 9.89. The second kappa shape index (κ2) is 11.9. The number of carbonyl (C=O) groups is 1. The molecule has 11 heteroatoms. The summed E-state index contributed by atoms with van der Waals surface area (Å²) >= 11 is 0. The molecule has 0 atom stereocenters. The van der Waals surface area contributed by atoms with Gasteiger partial charge in [0.05, 0.1) is 24.8 Å². The van der Waals surface area contributed by atoms with Crippen LogP contribution in [0.5, 0.6) is 11.6 Å². The van der Waals surface area contributed by atoms with Crippen molar-refractivity contribution in [2.24, 2.45) is 5.92 Å². The molecule has 1 aromatic carbocycles. The van der Waals surface area contributed by atoms with E-state index in [0.29, 0.717) is 19.0 Å². The van der Waals surface area contributed by atoms with Crippen molar-refractivity contribution >= 4 is 17.4 Å². The molecule has 8 nitrogen and oxygen atoms in total. The molecule has 0 aliphatic carbocycles. The first-order valence-electron chi connectivity index (χ1n) is 11.9. The average molecular weight is 516 g/mol. The van der Waals surface area contributed by atoms with Crippen LogP contribution < -0.4 is 25.4 Å². The van der Waals surface area contributed by atoms with E-state index in [2.05, 4.69) is 25.9 Å². The Morgan fingerprint density at radius 2 is 1.92 bits per heavy atom. The van der Waals surface area contributed by atoms with E-state index in [1.807, 2.05) is 0 Å². The number of aromatic nitrogens is 2. The lowest BCUT2D eigenvalue weighted by molar-refractivity contribution is -0.137. The van der Waals surface area contributed by atoms with E-state index in [1.165, 1.54) is 19.4 Å². The van der Waals surface area contributed by atoms with Gasteiger partial charge >= 0.3 is 6.18 Å². The van der Waals surface area contributed by atoms with Crippen LogP contribution in [-0.2, 0) is 12.7 Å². The summed E-state index contributed by atoms with van der Waals surface area (Å²) < 4.78 is 51.6. The zero-order chi connectivity index (χ0) is 26.3. The minimum atomic E-state index is -4.60. The summed E-state index contributed by atoms with van der Waals surface area (Å²) in [7, 11) is 1.51. The zero-order valence-corrected chi connectivity index (χ0v) is 20.3. The van der Waals surface area contributed by atoms with Crippen molar-refractivity contribution in [1.29, 1.82) is 0 Å². The van der Waals surface area contributed by atoms with Gasteiger partial charge in [-0.2, -0.15) is 13.2 Å². The highest BCUT2D eigenvalue weighted by molar-refractivity contribution is 6.07. The third-order valence-corrected chi connectivity index (χ3v) is 5.96. The summed E-state index contributed by atoms with van der Waals surface area (Å²) in [5.74, 6) is 0.440. The highest BCUT2D eigenvalue weighted by atomic mass is 19.4. The molecule has 2 aromatic heterocycles. The molecule has 1 aliphatic rings.